The number of halogens is 1. The Hall–Kier alpha value is -2.57. The van der Waals surface area contributed by atoms with E-state index in [4.69, 9.17) is 10.5 Å². The third-order valence-electron chi connectivity index (χ3n) is 5.38. The van der Waals surface area contributed by atoms with Crippen LogP contribution in [0.25, 0.3) is 0 Å². The largest absolute Gasteiger partial charge is 0.497 e. The molecular weight excluding hydrogens is 402 g/mol. The van der Waals surface area contributed by atoms with Gasteiger partial charge < -0.3 is 20.7 Å². The summed E-state index contributed by atoms with van der Waals surface area (Å²) in [5.41, 5.74) is 8.39. The number of amides is 2. The number of methoxy groups -OCH3 is 1. The van der Waals surface area contributed by atoms with Gasteiger partial charge in [0.25, 0.3) is 0 Å². The van der Waals surface area contributed by atoms with Crippen molar-refractivity contribution < 1.29 is 14.3 Å². The Balaban J connectivity index is 0.00000320. The minimum atomic E-state index is -0.372. The van der Waals surface area contributed by atoms with Crippen LogP contribution in [0.3, 0.4) is 0 Å². The van der Waals surface area contributed by atoms with E-state index in [2.05, 4.69) is 5.32 Å². The number of piperidine rings is 1. The number of carbonyl (C=O) groups excluding carboxylic acids is 2. The summed E-state index contributed by atoms with van der Waals surface area (Å²) in [5.74, 6) is 0.395. The van der Waals surface area contributed by atoms with Gasteiger partial charge in [0.1, 0.15) is 5.75 Å². The third-order valence-corrected chi connectivity index (χ3v) is 5.38. The number of nitrogens with one attached hydrogen (secondary N) is 1. The maximum atomic E-state index is 13.0. The molecule has 0 spiro atoms. The van der Waals surface area contributed by atoms with E-state index in [1.165, 1.54) is 0 Å². The Morgan fingerprint density at radius 3 is 2.43 bits per heavy atom. The van der Waals surface area contributed by atoms with Crippen molar-refractivity contribution in [3.63, 3.8) is 0 Å². The number of carbonyl (C=O) groups is 2. The van der Waals surface area contributed by atoms with Crippen molar-refractivity contribution in [2.24, 2.45) is 11.7 Å². The lowest BCUT2D eigenvalue weighted by Crippen LogP contribution is -2.48. The van der Waals surface area contributed by atoms with Gasteiger partial charge in [0.05, 0.1) is 19.1 Å². The summed E-state index contributed by atoms with van der Waals surface area (Å²) in [6.07, 6.45) is 1.59. The van der Waals surface area contributed by atoms with E-state index in [9.17, 15) is 9.59 Å². The molecule has 7 heteroatoms. The Morgan fingerprint density at radius 2 is 1.83 bits per heavy atom. The predicted molar refractivity (Wildman–Crippen MR) is 121 cm³/mol. The molecule has 0 radical (unpaired) electrons. The number of anilines is 1. The van der Waals surface area contributed by atoms with E-state index in [0.717, 1.165) is 29.0 Å². The average molecular weight is 432 g/mol. The number of nitrogens with two attached hydrogens (primary N) is 1. The second-order valence-electron chi connectivity index (χ2n) is 7.40. The third kappa shape index (κ3) is 5.32. The molecule has 0 aliphatic carbocycles. The molecule has 0 saturated carbocycles. The van der Waals surface area contributed by atoms with Gasteiger partial charge in [-0.15, -0.1) is 12.4 Å². The molecule has 6 nitrogen and oxygen atoms in total. The highest BCUT2D eigenvalue weighted by Crippen LogP contribution is 2.40. The molecule has 1 saturated heterocycles. The molecule has 2 aromatic rings. The van der Waals surface area contributed by atoms with Gasteiger partial charge in [-0.05, 0) is 56.1 Å². The monoisotopic (exact) mass is 431 g/mol. The van der Waals surface area contributed by atoms with Crippen molar-refractivity contribution >= 4 is 29.9 Å². The highest BCUT2D eigenvalue weighted by molar-refractivity contribution is 5.97. The van der Waals surface area contributed by atoms with Gasteiger partial charge in [-0.25, -0.2) is 0 Å². The van der Waals surface area contributed by atoms with Crippen LogP contribution in [0.1, 0.15) is 36.4 Å². The molecule has 1 aliphatic heterocycles. The Bertz CT molecular complexity index is 840. The first-order valence-electron chi connectivity index (χ1n) is 10.1. The fraction of sp³-hybridized carbons (Fsp3) is 0.391. The summed E-state index contributed by atoms with van der Waals surface area (Å²) in [5, 5.41) is 2.99. The summed E-state index contributed by atoms with van der Waals surface area (Å²) in [7, 11) is 1.62. The van der Waals surface area contributed by atoms with Crippen LogP contribution in [0.4, 0.5) is 5.69 Å². The first kappa shape index (κ1) is 23.7. The zero-order valence-corrected chi connectivity index (χ0v) is 18.3. The summed E-state index contributed by atoms with van der Waals surface area (Å²) >= 11 is 0. The molecule has 0 bridgehead atoms. The highest BCUT2D eigenvalue weighted by atomic mass is 35.5. The van der Waals surface area contributed by atoms with Crippen molar-refractivity contribution in [3.8, 4) is 5.75 Å². The van der Waals surface area contributed by atoms with Crippen molar-refractivity contribution in [3.05, 3.63) is 59.7 Å². The van der Waals surface area contributed by atoms with Gasteiger partial charge in [0, 0.05) is 18.7 Å². The van der Waals surface area contributed by atoms with Crippen molar-refractivity contribution in [1.29, 1.82) is 0 Å². The van der Waals surface area contributed by atoms with Gasteiger partial charge in [-0.1, -0.05) is 29.8 Å². The standard InChI is InChI=1S/C23H29N3O3.ClH/c1-16-4-8-18(9-5-16)26-21(27)13-12-20(23(28)25-15-3-14-24)22(26)17-6-10-19(29-2)11-7-17;/h4-11,20,22H,3,12-15,24H2,1-2H3,(H,25,28);1H. The van der Waals surface area contributed by atoms with Crippen LogP contribution in [0.2, 0.25) is 0 Å². The van der Waals surface area contributed by atoms with Crippen molar-refractivity contribution in [2.75, 3.05) is 25.1 Å². The van der Waals surface area contributed by atoms with Gasteiger partial charge in [0.2, 0.25) is 11.8 Å². The van der Waals surface area contributed by atoms with Gasteiger partial charge in [-0.2, -0.15) is 0 Å². The number of hydrogen-bond acceptors (Lipinski definition) is 4. The number of ether oxygens (including phenoxy) is 1. The van der Waals surface area contributed by atoms with Crippen LogP contribution in [-0.2, 0) is 9.59 Å². The first-order valence-corrected chi connectivity index (χ1v) is 10.1. The summed E-state index contributed by atoms with van der Waals surface area (Å²) in [6.45, 7) is 3.08. The van der Waals surface area contributed by atoms with E-state index in [0.29, 0.717) is 25.9 Å². The number of aryl methyl sites for hydroxylation is 1. The molecule has 1 fully saturated rings. The molecular formula is C23H30ClN3O3. The number of hydrogen-bond donors (Lipinski definition) is 2. The van der Waals surface area contributed by atoms with E-state index < -0.39 is 0 Å². The lowest BCUT2D eigenvalue weighted by molar-refractivity contribution is -0.129. The zero-order chi connectivity index (χ0) is 20.8. The van der Waals surface area contributed by atoms with E-state index in [-0.39, 0.29) is 36.2 Å². The number of benzene rings is 2. The minimum absolute atomic E-state index is 0. The summed E-state index contributed by atoms with van der Waals surface area (Å²) in [4.78, 5) is 27.7. The molecule has 2 atom stereocenters. The van der Waals surface area contributed by atoms with Crippen LogP contribution >= 0.6 is 12.4 Å². The number of rotatable bonds is 7. The minimum Gasteiger partial charge on any atom is -0.497 e. The maximum absolute atomic E-state index is 13.0. The Morgan fingerprint density at radius 1 is 1.17 bits per heavy atom. The van der Waals surface area contributed by atoms with Gasteiger partial charge in [0.15, 0.2) is 0 Å². The lowest BCUT2D eigenvalue weighted by Gasteiger charge is -2.41. The SMILES string of the molecule is COc1ccc(C2C(C(=O)NCCCN)CCC(=O)N2c2ccc(C)cc2)cc1.Cl. The zero-order valence-electron chi connectivity index (χ0n) is 17.5. The first-order chi connectivity index (χ1) is 14.0. The van der Waals surface area contributed by atoms with Crippen molar-refractivity contribution in [1.82, 2.24) is 5.32 Å². The highest BCUT2D eigenvalue weighted by Gasteiger charge is 2.41. The predicted octanol–water partition coefficient (Wildman–Crippen LogP) is 3.37. The fourth-order valence-electron chi connectivity index (χ4n) is 3.80. The van der Waals surface area contributed by atoms with Crippen molar-refractivity contribution in [2.45, 2.75) is 32.2 Å². The molecule has 2 unspecified atom stereocenters. The van der Waals surface area contributed by atoms with Crippen LogP contribution in [0, 0.1) is 12.8 Å². The average Bonchev–Trinajstić information content (AvgIpc) is 2.74. The summed E-state index contributed by atoms with van der Waals surface area (Å²) < 4.78 is 5.27. The molecule has 1 heterocycles. The van der Waals surface area contributed by atoms with Gasteiger partial charge in [-0.3, -0.25) is 9.59 Å². The normalized spacial score (nSPS) is 18.5. The van der Waals surface area contributed by atoms with Crippen LogP contribution in [0.5, 0.6) is 5.75 Å². The Kier molecular flexibility index (Phi) is 8.69. The smallest absolute Gasteiger partial charge is 0.227 e. The molecule has 30 heavy (non-hydrogen) atoms. The lowest BCUT2D eigenvalue weighted by atomic mass is 9.83. The van der Waals surface area contributed by atoms with Crippen LogP contribution in [-0.4, -0.2) is 32.0 Å². The fourth-order valence-corrected chi connectivity index (χ4v) is 3.80. The molecule has 3 N–H and O–H groups in total. The molecule has 0 aromatic heterocycles. The van der Waals surface area contributed by atoms with E-state index in [1.807, 2.05) is 55.5 Å². The number of nitrogens with zero attached hydrogens (tertiary/aromatic N) is 1. The quantitative estimate of drug-likeness (QED) is 0.658. The van der Waals surface area contributed by atoms with E-state index >= 15 is 0 Å². The maximum Gasteiger partial charge on any atom is 0.227 e. The van der Waals surface area contributed by atoms with E-state index in [1.54, 1.807) is 12.0 Å². The Labute approximate surface area is 184 Å². The summed E-state index contributed by atoms with van der Waals surface area (Å²) in [6, 6.07) is 15.1. The molecule has 1 aliphatic rings. The molecule has 2 amide bonds. The second-order valence-corrected chi connectivity index (χ2v) is 7.40. The van der Waals surface area contributed by atoms with Crippen LogP contribution in [0.15, 0.2) is 48.5 Å². The van der Waals surface area contributed by atoms with Gasteiger partial charge >= 0.3 is 0 Å². The molecule has 2 aromatic carbocycles. The topological polar surface area (TPSA) is 84.7 Å². The van der Waals surface area contributed by atoms with Crippen LogP contribution < -0.4 is 20.7 Å². The second kappa shape index (κ2) is 11.0. The molecule has 162 valence electrons. The molecule has 3 rings (SSSR count).